The number of rotatable bonds is 5. The third-order valence-electron chi connectivity index (χ3n) is 4.54. The van der Waals surface area contributed by atoms with Crippen LogP contribution in [-0.4, -0.2) is 40.4 Å². The van der Waals surface area contributed by atoms with Gasteiger partial charge in [-0.3, -0.25) is 9.67 Å². The summed E-state index contributed by atoms with van der Waals surface area (Å²) in [4.78, 5) is 20.0. The number of carbonyl (C=O) groups is 1. The number of hydrogen-bond acceptors (Lipinski definition) is 5. The van der Waals surface area contributed by atoms with Crippen molar-refractivity contribution in [1.82, 2.24) is 29.4 Å². The molecule has 29 heavy (non-hydrogen) atoms. The van der Waals surface area contributed by atoms with Gasteiger partial charge in [-0.25, -0.2) is 14.3 Å². The molecule has 0 aliphatic carbocycles. The normalized spacial score (nSPS) is 11.7. The number of nitrogens with zero attached hydrogens (tertiary/aromatic N) is 6. The number of aromatic nitrogens is 6. The zero-order chi connectivity index (χ0) is 20.5. The van der Waals surface area contributed by atoms with Crippen LogP contribution in [0.1, 0.15) is 31.3 Å². The van der Waals surface area contributed by atoms with E-state index in [0.29, 0.717) is 11.3 Å². The minimum Gasteiger partial charge on any atom is -0.478 e. The average Bonchev–Trinajstić information content (AvgIpc) is 3.33. The fourth-order valence-corrected chi connectivity index (χ4v) is 3.16. The van der Waals surface area contributed by atoms with Crippen molar-refractivity contribution in [3.05, 3.63) is 60.3 Å². The molecule has 1 N–H and O–H groups in total. The largest absolute Gasteiger partial charge is 0.478 e. The Morgan fingerprint density at radius 3 is 2.72 bits per heavy atom. The fraction of sp³-hybridized carbons (Fsp3) is 0.190. The van der Waals surface area contributed by atoms with E-state index in [-0.39, 0.29) is 6.04 Å². The van der Waals surface area contributed by atoms with Crippen molar-refractivity contribution < 1.29 is 9.90 Å². The van der Waals surface area contributed by atoms with Crippen molar-refractivity contribution in [2.24, 2.45) is 0 Å². The number of pyridine rings is 2. The molecule has 8 heteroatoms. The van der Waals surface area contributed by atoms with Gasteiger partial charge in [0.05, 0.1) is 11.4 Å². The zero-order valence-electron chi connectivity index (χ0n) is 16.3. The van der Waals surface area contributed by atoms with E-state index in [1.807, 2.05) is 48.1 Å². The van der Waals surface area contributed by atoms with Crippen molar-refractivity contribution in [3.63, 3.8) is 0 Å². The highest BCUT2D eigenvalue weighted by Crippen LogP contribution is 2.34. The summed E-state index contributed by atoms with van der Waals surface area (Å²) >= 11 is 0. The molecule has 8 nitrogen and oxygen atoms in total. The van der Waals surface area contributed by atoms with Crippen LogP contribution in [0.4, 0.5) is 0 Å². The molecule has 0 amide bonds. The van der Waals surface area contributed by atoms with Crippen molar-refractivity contribution in [1.29, 1.82) is 0 Å². The second kappa shape index (κ2) is 7.31. The van der Waals surface area contributed by atoms with E-state index in [9.17, 15) is 4.79 Å². The Kier molecular flexibility index (Phi) is 4.67. The Bertz CT molecular complexity index is 1240. The molecule has 0 saturated carbocycles. The van der Waals surface area contributed by atoms with Gasteiger partial charge >= 0.3 is 5.97 Å². The van der Waals surface area contributed by atoms with E-state index >= 15 is 0 Å². The molecule has 4 heterocycles. The van der Waals surface area contributed by atoms with Gasteiger partial charge in [-0.2, -0.15) is 10.2 Å². The Balaban J connectivity index is 2.00. The van der Waals surface area contributed by atoms with E-state index in [0.717, 1.165) is 34.3 Å². The Morgan fingerprint density at radius 2 is 2.00 bits per heavy atom. The molecular weight excluding hydrogens is 368 g/mol. The lowest BCUT2D eigenvalue weighted by Crippen LogP contribution is -2.01. The van der Waals surface area contributed by atoms with Crippen molar-refractivity contribution in [2.45, 2.75) is 26.8 Å². The maximum absolute atomic E-state index is 11.2. The van der Waals surface area contributed by atoms with Crippen LogP contribution in [0.2, 0.25) is 0 Å². The Morgan fingerprint density at radius 1 is 1.17 bits per heavy atom. The molecular formula is C21H20N6O2. The summed E-state index contributed by atoms with van der Waals surface area (Å²) in [6.45, 7) is 6.04. The number of carboxylic acids is 1. The molecule has 0 spiro atoms. The lowest BCUT2D eigenvalue weighted by Gasteiger charge is -2.08. The highest BCUT2D eigenvalue weighted by Gasteiger charge is 2.19. The number of aliphatic carboxylic acids is 1. The first kappa shape index (κ1) is 18.5. The molecule has 0 aliphatic heterocycles. The van der Waals surface area contributed by atoms with Crippen molar-refractivity contribution in [2.75, 3.05) is 0 Å². The number of aryl methyl sites for hydroxylation is 1. The fourth-order valence-electron chi connectivity index (χ4n) is 3.16. The molecule has 4 rings (SSSR count). The maximum atomic E-state index is 11.2. The molecule has 0 fully saturated rings. The topological polar surface area (TPSA) is 98.2 Å². The molecule has 4 aromatic rings. The average molecular weight is 388 g/mol. The summed E-state index contributed by atoms with van der Waals surface area (Å²) in [7, 11) is 0. The smallest absolute Gasteiger partial charge is 0.328 e. The van der Waals surface area contributed by atoms with E-state index < -0.39 is 5.97 Å². The summed E-state index contributed by atoms with van der Waals surface area (Å²) in [6.07, 6.45) is 6.02. The molecule has 0 saturated heterocycles. The van der Waals surface area contributed by atoms with Crippen LogP contribution in [0.25, 0.3) is 34.2 Å². The van der Waals surface area contributed by atoms with Crippen LogP contribution < -0.4 is 0 Å². The van der Waals surface area contributed by atoms with Crippen LogP contribution in [0.3, 0.4) is 0 Å². The SMILES string of the molecule is Cc1cccc(-c2nn(C(C)C)cc2-c2ccc3ncnn3c2/C=C/C(=O)O)n1. The molecule has 0 aliphatic rings. The second-order valence-electron chi connectivity index (χ2n) is 6.96. The first-order chi connectivity index (χ1) is 13.9. The molecule has 0 aromatic carbocycles. The van der Waals surface area contributed by atoms with Crippen LogP contribution in [-0.2, 0) is 4.79 Å². The van der Waals surface area contributed by atoms with Crippen LogP contribution in [0.15, 0.2) is 48.9 Å². The molecule has 0 unspecified atom stereocenters. The molecule has 0 atom stereocenters. The van der Waals surface area contributed by atoms with E-state index in [1.54, 1.807) is 4.52 Å². The zero-order valence-corrected chi connectivity index (χ0v) is 16.3. The van der Waals surface area contributed by atoms with Gasteiger partial charge in [0.25, 0.3) is 0 Å². The first-order valence-electron chi connectivity index (χ1n) is 9.21. The van der Waals surface area contributed by atoms with Gasteiger partial charge in [0.1, 0.15) is 12.0 Å². The summed E-state index contributed by atoms with van der Waals surface area (Å²) in [5.74, 6) is -1.04. The van der Waals surface area contributed by atoms with Gasteiger partial charge in [0.2, 0.25) is 0 Å². The monoisotopic (exact) mass is 388 g/mol. The molecule has 4 aromatic heterocycles. The van der Waals surface area contributed by atoms with E-state index in [1.165, 1.54) is 12.4 Å². The van der Waals surface area contributed by atoms with Crippen LogP contribution in [0.5, 0.6) is 0 Å². The summed E-state index contributed by atoms with van der Waals surface area (Å²) < 4.78 is 3.50. The van der Waals surface area contributed by atoms with Gasteiger partial charge in [-0.15, -0.1) is 0 Å². The van der Waals surface area contributed by atoms with Gasteiger partial charge in [-0.1, -0.05) is 6.07 Å². The predicted molar refractivity (Wildman–Crippen MR) is 109 cm³/mol. The summed E-state index contributed by atoms with van der Waals surface area (Å²) in [5.41, 5.74) is 5.26. The van der Waals surface area contributed by atoms with Gasteiger partial charge in [0, 0.05) is 35.1 Å². The molecule has 0 radical (unpaired) electrons. The van der Waals surface area contributed by atoms with Crippen LogP contribution in [0, 0.1) is 6.92 Å². The van der Waals surface area contributed by atoms with Crippen molar-refractivity contribution in [3.8, 4) is 22.5 Å². The lowest BCUT2D eigenvalue weighted by atomic mass is 10.0. The standard InChI is InChI=1S/C21H20N6O2/c1-13(2)26-11-16(21(25-26)17-6-4-5-14(3)24-17)15-7-9-19-22-12-23-27(19)18(15)8-10-20(28)29/h4-13H,1-3H3,(H,28,29)/b10-8+. The highest BCUT2D eigenvalue weighted by atomic mass is 16.4. The van der Waals surface area contributed by atoms with Gasteiger partial charge < -0.3 is 5.11 Å². The predicted octanol–water partition coefficient (Wildman–Crippen LogP) is 3.64. The highest BCUT2D eigenvalue weighted by molar-refractivity contribution is 5.89. The Labute approximate surface area is 167 Å². The van der Waals surface area contributed by atoms with E-state index in [2.05, 4.69) is 28.9 Å². The minimum absolute atomic E-state index is 0.153. The summed E-state index contributed by atoms with van der Waals surface area (Å²) in [6, 6.07) is 9.71. The third-order valence-corrected chi connectivity index (χ3v) is 4.54. The minimum atomic E-state index is -1.04. The number of hydrogen-bond donors (Lipinski definition) is 1. The first-order valence-corrected chi connectivity index (χ1v) is 9.21. The molecule has 146 valence electrons. The molecule has 0 bridgehead atoms. The lowest BCUT2D eigenvalue weighted by molar-refractivity contribution is -0.131. The van der Waals surface area contributed by atoms with E-state index in [4.69, 9.17) is 10.2 Å². The third kappa shape index (κ3) is 3.52. The van der Waals surface area contributed by atoms with Crippen molar-refractivity contribution >= 4 is 17.7 Å². The van der Waals surface area contributed by atoms with Crippen LogP contribution >= 0.6 is 0 Å². The summed E-state index contributed by atoms with van der Waals surface area (Å²) in [5, 5.41) is 18.2. The van der Waals surface area contributed by atoms with Gasteiger partial charge in [0.15, 0.2) is 5.65 Å². The van der Waals surface area contributed by atoms with Gasteiger partial charge in [-0.05, 0) is 51.1 Å². The number of fused-ring (bicyclic) bond motifs is 1. The quantitative estimate of drug-likeness (QED) is 0.524. The second-order valence-corrected chi connectivity index (χ2v) is 6.96. The number of carboxylic acid groups (broad SMARTS) is 1. The Hall–Kier alpha value is -3.81. The maximum Gasteiger partial charge on any atom is 0.328 e.